The molecule has 0 amide bonds. The maximum atomic E-state index is 9.98. The first kappa shape index (κ1) is 13.9. The van der Waals surface area contributed by atoms with Gasteiger partial charge in [0.25, 0.3) is 0 Å². The molecule has 2 aromatic rings. The van der Waals surface area contributed by atoms with Crippen molar-refractivity contribution >= 4 is 10.9 Å². The lowest BCUT2D eigenvalue weighted by atomic mass is 10.0. The van der Waals surface area contributed by atoms with Crippen molar-refractivity contribution in [1.29, 1.82) is 0 Å². The molecular weight excluding hydrogens is 242 g/mol. The Morgan fingerprint density at radius 1 is 1.21 bits per heavy atom. The Bertz CT molecular complexity index is 510. The summed E-state index contributed by atoms with van der Waals surface area (Å²) in [6.45, 7) is 1.37. The van der Waals surface area contributed by atoms with Crippen LogP contribution in [0, 0.1) is 0 Å². The molecule has 1 heterocycles. The fraction of sp³-hybridized carbons (Fsp3) is 0.400. The van der Waals surface area contributed by atoms with Crippen LogP contribution in [0.1, 0.15) is 5.56 Å². The summed E-state index contributed by atoms with van der Waals surface area (Å²) < 4.78 is 10.2. The lowest BCUT2D eigenvalue weighted by molar-refractivity contribution is 0.0138. The van der Waals surface area contributed by atoms with Gasteiger partial charge in [-0.05, 0) is 17.7 Å². The summed E-state index contributed by atoms with van der Waals surface area (Å²) in [5, 5.41) is 11.1. The number of aliphatic hydroxyl groups excluding tert-OH is 1. The van der Waals surface area contributed by atoms with Gasteiger partial charge in [0, 0.05) is 25.1 Å². The number of benzene rings is 1. The van der Waals surface area contributed by atoms with Crippen LogP contribution in [0.5, 0.6) is 0 Å². The summed E-state index contributed by atoms with van der Waals surface area (Å²) in [7, 11) is 1.63. The van der Waals surface area contributed by atoms with Crippen LogP contribution in [-0.4, -0.2) is 43.1 Å². The molecule has 1 aromatic carbocycles. The highest BCUT2D eigenvalue weighted by Gasteiger charge is 2.08. The van der Waals surface area contributed by atoms with E-state index in [-0.39, 0.29) is 0 Å². The summed E-state index contributed by atoms with van der Waals surface area (Å²) in [5.41, 5.74) is 2.04. The van der Waals surface area contributed by atoms with E-state index < -0.39 is 6.10 Å². The molecule has 4 nitrogen and oxygen atoms in total. The summed E-state index contributed by atoms with van der Waals surface area (Å²) in [4.78, 5) is 4.31. The number of pyridine rings is 1. The van der Waals surface area contributed by atoms with Crippen LogP contribution in [0.4, 0.5) is 0 Å². The summed E-state index contributed by atoms with van der Waals surface area (Å²) >= 11 is 0. The minimum atomic E-state index is -0.511. The van der Waals surface area contributed by atoms with Gasteiger partial charge in [0.05, 0.1) is 31.4 Å². The number of hydrogen-bond donors (Lipinski definition) is 1. The fourth-order valence-corrected chi connectivity index (χ4v) is 2.01. The molecule has 0 spiro atoms. The summed E-state index contributed by atoms with van der Waals surface area (Å²) in [5.74, 6) is 0. The normalized spacial score (nSPS) is 12.7. The van der Waals surface area contributed by atoms with Crippen LogP contribution in [0.2, 0.25) is 0 Å². The van der Waals surface area contributed by atoms with Crippen LogP contribution >= 0.6 is 0 Å². The largest absolute Gasteiger partial charge is 0.390 e. The Hall–Kier alpha value is -1.49. The topological polar surface area (TPSA) is 51.6 Å². The average Bonchev–Trinajstić information content (AvgIpc) is 2.44. The first-order valence-corrected chi connectivity index (χ1v) is 6.38. The van der Waals surface area contributed by atoms with Crippen molar-refractivity contribution in [2.24, 2.45) is 0 Å². The van der Waals surface area contributed by atoms with Gasteiger partial charge in [-0.1, -0.05) is 18.2 Å². The maximum Gasteiger partial charge on any atom is 0.0814 e. The van der Waals surface area contributed by atoms with E-state index in [4.69, 9.17) is 9.47 Å². The Morgan fingerprint density at radius 2 is 2.05 bits per heavy atom. The van der Waals surface area contributed by atoms with Crippen molar-refractivity contribution in [3.8, 4) is 0 Å². The number of nitrogens with zero attached hydrogens (tertiary/aromatic N) is 1. The molecule has 0 radical (unpaired) electrons. The highest BCUT2D eigenvalue weighted by molar-refractivity contribution is 5.81. The first-order chi connectivity index (χ1) is 9.31. The first-order valence-electron chi connectivity index (χ1n) is 6.38. The quantitative estimate of drug-likeness (QED) is 0.772. The van der Waals surface area contributed by atoms with E-state index in [1.165, 1.54) is 0 Å². The maximum absolute atomic E-state index is 9.98. The number of rotatable bonds is 7. The van der Waals surface area contributed by atoms with Gasteiger partial charge in [-0.3, -0.25) is 4.98 Å². The van der Waals surface area contributed by atoms with Gasteiger partial charge in [-0.15, -0.1) is 0 Å². The van der Waals surface area contributed by atoms with Crippen molar-refractivity contribution in [2.45, 2.75) is 12.5 Å². The van der Waals surface area contributed by atoms with E-state index in [0.717, 1.165) is 16.5 Å². The molecule has 4 heteroatoms. The second kappa shape index (κ2) is 7.19. The molecule has 1 N–H and O–H groups in total. The molecule has 0 bridgehead atoms. The lowest BCUT2D eigenvalue weighted by Crippen LogP contribution is -2.19. The van der Waals surface area contributed by atoms with Crippen molar-refractivity contribution in [1.82, 2.24) is 4.98 Å². The monoisotopic (exact) mass is 261 g/mol. The van der Waals surface area contributed by atoms with Crippen molar-refractivity contribution < 1.29 is 14.6 Å². The second-order valence-electron chi connectivity index (χ2n) is 4.41. The van der Waals surface area contributed by atoms with Gasteiger partial charge in [-0.25, -0.2) is 0 Å². The van der Waals surface area contributed by atoms with E-state index in [0.29, 0.717) is 26.2 Å². The zero-order valence-electron chi connectivity index (χ0n) is 11.1. The van der Waals surface area contributed by atoms with E-state index in [1.54, 1.807) is 13.3 Å². The lowest BCUT2D eigenvalue weighted by Gasteiger charge is -2.12. The molecule has 2 rings (SSSR count). The number of fused-ring (bicyclic) bond motifs is 1. The summed E-state index contributed by atoms with van der Waals surface area (Å²) in [6, 6.07) is 9.88. The molecule has 1 atom stereocenters. The van der Waals surface area contributed by atoms with Crippen LogP contribution in [0.15, 0.2) is 36.5 Å². The molecule has 0 aliphatic carbocycles. The molecule has 1 aromatic heterocycles. The van der Waals surface area contributed by atoms with Gasteiger partial charge in [0.2, 0.25) is 0 Å². The SMILES string of the molecule is COCCOCC(O)Cc1ccnc2ccccc12. The molecule has 0 fully saturated rings. The number of aromatic nitrogens is 1. The van der Waals surface area contributed by atoms with Crippen molar-refractivity contribution in [3.63, 3.8) is 0 Å². The van der Waals surface area contributed by atoms with Crippen LogP contribution in [-0.2, 0) is 15.9 Å². The van der Waals surface area contributed by atoms with Gasteiger partial charge in [0.15, 0.2) is 0 Å². The molecule has 0 aliphatic heterocycles. The van der Waals surface area contributed by atoms with E-state index in [2.05, 4.69) is 4.98 Å². The van der Waals surface area contributed by atoms with Gasteiger partial charge in [-0.2, -0.15) is 0 Å². The van der Waals surface area contributed by atoms with E-state index in [1.807, 2.05) is 30.3 Å². The third-order valence-electron chi connectivity index (χ3n) is 2.94. The predicted molar refractivity (Wildman–Crippen MR) is 74.1 cm³/mol. The minimum Gasteiger partial charge on any atom is -0.390 e. The highest BCUT2D eigenvalue weighted by Crippen LogP contribution is 2.17. The number of ether oxygens (including phenoxy) is 2. The van der Waals surface area contributed by atoms with E-state index in [9.17, 15) is 5.11 Å². The second-order valence-corrected chi connectivity index (χ2v) is 4.41. The van der Waals surface area contributed by atoms with Gasteiger partial charge >= 0.3 is 0 Å². The standard InChI is InChI=1S/C15H19NO3/c1-18-8-9-19-11-13(17)10-12-6-7-16-15-5-3-2-4-14(12)15/h2-7,13,17H,8-11H2,1H3. The Labute approximate surface area is 113 Å². The predicted octanol–water partition coefficient (Wildman–Crippen LogP) is 1.80. The smallest absolute Gasteiger partial charge is 0.0814 e. The number of hydrogen-bond acceptors (Lipinski definition) is 4. The van der Waals surface area contributed by atoms with Crippen molar-refractivity contribution in [2.75, 3.05) is 26.9 Å². The van der Waals surface area contributed by atoms with Crippen molar-refractivity contribution in [3.05, 3.63) is 42.1 Å². The third kappa shape index (κ3) is 3.99. The Morgan fingerprint density at radius 3 is 2.89 bits per heavy atom. The zero-order chi connectivity index (χ0) is 13.5. The molecule has 0 saturated heterocycles. The molecule has 0 saturated carbocycles. The minimum absolute atomic E-state index is 0.319. The zero-order valence-corrected chi connectivity index (χ0v) is 11.1. The Kier molecular flexibility index (Phi) is 5.27. The Balaban J connectivity index is 1.97. The molecular formula is C15H19NO3. The molecule has 1 unspecified atom stereocenters. The highest BCUT2D eigenvalue weighted by atomic mass is 16.5. The fourth-order valence-electron chi connectivity index (χ4n) is 2.01. The van der Waals surface area contributed by atoms with Gasteiger partial charge < -0.3 is 14.6 Å². The molecule has 0 aliphatic rings. The third-order valence-corrected chi connectivity index (χ3v) is 2.94. The summed E-state index contributed by atoms with van der Waals surface area (Å²) in [6.07, 6.45) is 1.83. The number of aliphatic hydroxyl groups is 1. The van der Waals surface area contributed by atoms with Crippen LogP contribution in [0.3, 0.4) is 0 Å². The van der Waals surface area contributed by atoms with Gasteiger partial charge in [0.1, 0.15) is 0 Å². The van der Waals surface area contributed by atoms with Crippen LogP contribution in [0.25, 0.3) is 10.9 Å². The molecule has 102 valence electrons. The molecule has 19 heavy (non-hydrogen) atoms. The average molecular weight is 261 g/mol. The van der Waals surface area contributed by atoms with Crippen LogP contribution < -0.4 is 0 Å². The van der Waals surface area contributed by atoms with E-state index >= 15 is 0 Å². The number of para-hydroxylation sites is 1. The number of methoxy groups -OCH3 is 1.